The molecule has 1 atom stereocenters. The highest BCUT2D eigenvalue weighted by molar-refractivity contribution is 8.00. The quantitative estimate of drug-likeness (QED) is 0.671. The van der Waals surface area contributed by atoms with Crippen molar-refractivity contribution in [2.75, 3.05) is 6.61 Å². The van der Waals surface area contributed by atoms with E-state index in [-0.39, 0.29) is 11.7 Å². The SMILES string of the molecule is CCOC(=O)C(Sc1cccc(O)c1)c1ccccc1. The largest absolute Gasteiger partial charge is 0.508 e. The van der Waals surface area contributed by atoms with Gasteiger partial charge in [-0.25, -0.2) is 0 Å². The van der Waals surface area contributed by atoms with E-state index in [4.69, 9.17) is 4.74 Å². The summed E-state index contributed by atoms with van der Waals surface area (Å²) >= 11 is 1.37. The Morgan fingerprint density at radius 1 is 1.20 bits per heavy atom. The van der Waals surface area contributed by atoms with E-state index in [0.29, 0.717) is 6.61 Å². The van der Waals surface area contributed by atoms with Crippen LogP contribution >= 0.6 is 11.8 Å². The molecule has 0 saturated heterocycles. The van der Waals surface area contributed by atoms with Crippen LogP contribution in [0.15, 0.2) is 59.5 Å². The number of carbonyl (C=O) groups excluding carboxylic acids is 1. The minimum Gasteiger partial charge on any atom is -0.508 e. The number of hydrogen-bond donors (Lipinski definition) is 1. The fourth-order valence-electron chi connectivity index (χ4n) is 1.79. The van der Waals surface area contributed by atoms with Crippen LogP contribution in [0.5, 0.6) is 5.75 Å². The molecular formula is C16H16O3S. The molecule has 2 aromatic carbocycles. The number of carbonyl (C=O) groups is 1. The molecular weight excluding hydrogens is 272 g/mol. The van der Waals surface area contributed by atoms with Crippen LogP contribution < -0.4 is 0 Å². The van der Waals surface area contributed by atoms with Crippen molar-refractivity contribution in [3.05, 3.63) is 60.2 Å². The standard InChI is InChI=1S/C16H16O3S/c1-2-19-16(18)15(12-7-4-3-5-8-12)20-14-10-6-9-13(17)11-14/h3-11,15,17H,2H2,1H3. The molecule has 0 heterocycles. The summed E-state index contributed by atoms with van der Waals surface area (Å²) in [4.78, 5) is 13.0. The summed E-state index contributed by atoms with van der Waals surface area (Å²) < 4.78 is 5.14. The molecule has 20 heavy (non-hydrogen) atoms. The second-order valence-corrected chi connectivity index (χ2v) is 5.34. The van der Waals surface area contributed by atoms with Crippen LogP contribution in [0.1, 0.15) is 17.7 Å². The van der Waals surface area contributed by atoms with Crippen LogP contribution in [-0.4, -0.2) is 17.7 Å². The summed E-state index contributed by atoms with van der Waals surface area (Å²) in [6, 6.07) is 16.4. The number of thioether (sulfide) groups is 1. The highest BCUT2D eigenvalue weighted by Gasteiger charge is 2.23. The van der Waals surface area contributed by atoms with Crippen LogP contribution in [0.3, 0.4) is 0 Å². The molecule has 104 valence electrons. The molecule has 1 N–H and O–H groups in total. The van der Waals surface area contributed by atoms with E-state index in [1.54, 1.807) is 25.1 Å². The Morgan fingerprint density at radius 3 is 2.60 bits per heavy atom. The second kappa shape index (κ2) is 7.01. The Bertz CT molecular complexity index is 569. The Labute approximate surface area is 122 Å². The summed E-state index contributed by atoms with van der Waals surface area (Å²) in [6.45, 7) is 2.14. The van der Waals surface area contributed by atoms with Crippen molar-refractivity contribution in [1.82, 2.24) is 0 Å². The van der Waals surface area contributed by atoms with E-state index < -0.39 is 5.25 Å². The molecule has 0 aromatic heterocycles. The van der Waals surface area contributed by atoms with Gasteiger partial charge in [-0.3, -0.25) is 4.79 Å². The van der Waals surface area contributed by atoms with Crippen LogP contribution in [0, 0.1) is 0 Å². The van der Waals surface area contributed by atoms with Crippen molar-refractivity contribution < 1.29 is 14.6 Å². The highest BCUT2D eigenvalue weighted by Crippen LogP contribution is 2.37. The number of rotatable bonds is 5. The molecule has 4 heteroatoms. The van der Waals surface area contributed by atoms with Gasteiger partial charge in [0.1, 0.15) is 11.0 Å². The first-order chi connectivity index (χ1) is 9.70. The number of benzene rings is 2. The number of aromatic hydroxyl groups is 1. The van der Waals surface area contributed by atoms with Crippen molar-refractivity contribution in [2.24, 2.45) is 0 Å². The van der Waals surface area contributed by atoms with Gasteiger partial charge in [-0.15, -0.1) is 11.8 Å². The van der Waals surface area contributed by atoms with Gasteiger partial charge in [-0.05, 0) is 30.7 Å². The molecule has 0 bridgehead atoms. The van der Waals surface area contributed by atoms with Crippen LogP contribution in [0.25, 0.3) is 0 Å². The molecule has 2 rings (SSSR count). The zero-order chi connectivity index (χ0) is 14.4. The topological polar surface area (TPSA) is 46.5 Å². The molecule has 1 unspecified atom stereocenters. The van der Waals surface area contributed by atoms with Crippen molar-refractivity contribution in [3.63, 3.8) is 0 Å². The molecule has 0 saturated carbocycles. The fraction of sp³-hybridized carbons (Fsp3) is 0.188. The summed E-state index contributed by atoms with van der Waals surface area (Å²) in [5.74, 6) is -0.0855. The van der Waals surface area contributed by atoms with Crippen molar-refractivity contribution in [1.29, 1.82) is 0 Å². The van der Waals surface area contributed by atoms with Gasteiger partial charge in [0.15, 0.2) is 0 Å². The highest BCUT2D eigenvalue weighted by atomic mass is 32.2. The molecule has 0 amide bonds. The van der Waals surface area contributed by atoms with Crippen molar-refractivity contribution >= 4 is 17.7 Å². The summed E-state index contributed by atoms with van der Waals surface area (Å²) in [5.41, 5.74) is 0.888. The number of phenols is 1. The Kier molecular flexibility index (Phi) is 5.07. The predicted molar refractivity (Wildman–Crippen MR) is 79.8 cm³/mol. The lowest BCUT2D eigenvalue weighted by Gasteiger charge is -2.15. The van der Waals surface area contributed by atoms with Gasteiger partial charge in [0.05, 0.1) is 6.61 Å². The predicted octanol–water partition coefficient (Wildman–Crippen LogP) is 3.79. The van der Waals surface area contributed by atoms with E-state index in [1.807, 2.05) is 36.4 Å². The maximum absolute atomic E-state index is 12.1. The van der Waals surface area contributed by atoms with E-state index >= 15 is 0 Å². The first-order valence-electron chi connectivity index (χ1n) is 6.38. The van der Waals surface area contributed by atoms with Gasteiger partial charge in [0.2, 0.25) is 0 Å². The zero-order valence-electron chi connectivity index (χ0n) is 11.2. The van der Waals surface area contributed by atoms with Crippen molar-refractivity contribution in [2.45, 2.75) is 17.1 Å². The Hall–Kier alpha value is -1.94. The fourth-order valence-corrected chi connectivity index (χ4v) is 2.87. The van der Waals surface area contributed by atoms with Gasteiger partial charge < -0.3 is 9.84 Å². The molecule has 0 aliphatic rings. The van der Waals surface area contributed by atoms with E-state index in [1.165, 1.54) is 11.8 Å². The van der Waals surface area contributed by atoms with Crippen LogP contribution in [-0.2, 0) is 9.53 Å². The third kappa shape index (κ3) is 3.78. The molecule has 2 aromatic rings. The number of ether oxygens (including phenoxy) is 1. The first kappa shape index (κ1) is 14.5. The molecule has 3 nitrogen and oxygen atoms in total. The van der Waals surface area contributed by atoms with E-state index in [9.17, 15) is 9.90 Å². The second-order valence-electron chi connectivity index (χ2n) is 4.16. The maximum atomic E-state index is 12.1. The first-order valence-corrected chi connectivity index (χ1v) is 7.26. The smallest absolute Gasteiger partial charge is 0.323 e. The summed E-state index contributed by atoms with van der Waals surface area (Å²) in [6.07, 6.45) is 0. The van der Waals surface area contributed by atoms with E-state index in [2.05, 4.69) is 0 Å². The van der Waals surface area contributed by atoms with Crippen molar-refractivity contribution in [3.8, 4) is 5.75 Å². The monoisotopic (exact) mass is 288 g/mol. The minimum absolute atomic E-state index is 0.186. The third-order valence-corrected chi connectivity index (χ3v) is 3.90. The van der Waals surface area contributed by atoms with E-state index in [0.717, 1.165) is 10.5 Å². The molecule has 0 radical (unpaired) electrons. The number of phenolic OH excluding ortho intramolecular Hbond substituents is 1. The molecule has 0 spiro atoms. The Morgan fingerprint density at radius 2 is 1.95 bits per heavy atom. The van der Waals surface area contributed by atoms with Gasteiger partial charge in [0, 0.05) is 4.90 Å². The van der Waals surface area contributed by atoms with Gasteiger partial charge >= 0.3 is 5.97 Å². The average molecular weight is 288 g/mol. The van der Waals surface area contributed by atoms with Crippen LogP contribution in [0.2, 0.25) is 0 Å². The Balaban J connectivity index is 2.25. The number of esters is 1. The normalized spacial score (nSPS) is 11.8. The minimum atomic E-state index is -0.432. The average Bonchev–Trinajstić information content (AvgIpc) is 2.46. The van der Waals surface area contributed by atoms with Gasteiger partial charge in [-0.2, -0.15) is 0 Å². The third-order valence-electron chi connectivity index (χ3n) is 2.67. The molecule has 0 aliphatic carbocycles. The summed E-state index contributed by atoms with van der Waals surface area (Å²) in [7, 11) is 0. The van der Waals surface area contributed by atoms with Gasteiger partial charge in [0.25, 0.3) is 0 Å². The lowest BCUT2D eigenvalue weighted by atomic mass is 10.1. The molecule has 0 aliphatic heterocycles. The molecule has 0 fully saturated rings. The van der Waals surface area contributed by atoms with Gasteiger partial charge in [-0.1, -0.05) is 36.4 Å². The zero-order valence-corrected chi connectivity index (χ0v) is 12.0. The van der Waals surface area contributed by atoms with Crippen LogP contribution in [0.4, 0.5) is 0 Å². The maximum Gasteiger partial charge on any atom is 0.323 e. The lowest BCUT2D eigenvalue weighted by Crippen LogP contribution is -2.13. The summed E-state index contributed by atoms with van der Waals surface area (Å²) in [5, 5.41) is 9.08. The number of hydrogen-bond acceptors (Lipinski definition) is 4. The lowest BCUT2D eigenvalue weighted by molar-refractivity contribution is -0.142.